The first kappa shape index (κ1) is 22.1. The number of fused-ring (bicyclic) bond motifs is 1. The minimum Gasteiger partial charge on any atom is -0.325 e. The molecule has 0 spiro atoms. The molecule has 1 aromatic heterocycles. The van der Waals surface area contributed by atoms with E-state index in [0.29, 0.717) is 21.6 Å². The van der Waals surface area contributed by atoms with Crippen molar-refractivity contribution in [1.82, 2.24) is 9.97 Å². The lowest BCUT2D eigenvalue weighted by atomic mass is 9.92. The van der Waals surface area contributed by atoms with Gasteiger partial charge in [-0.1, -0.05) is 59.3 Å². The second-order valence-electron chi connectivity index (χ2n) is 7.63. The van der Waals surface area contributed by atoms with Crippen LogP contribution in [0.4, 0.5) is 11.5 Å². The number of benzene rings is 2. The van der Waals surface area contributed by atoms with Crippen molar-refractivity contribution in [1.29, 1.82) is 0 Å². The number of aromatic amines is 1. The molecule has 3 aromatic rings. The first-order chi connectivity index (χ1) is 15.3. The first-order valence-corrected chi connectivity index (χ1v) is 11.4. The van der Waals surface area contributed by atoms with Gasteiger partial charge < -0.3 is 15.6 Å². The Morgan fingerprint density at radius 3 is 2.75 bits per heavy atom. The lowest BCUT2D eigenvalue weighted by molar-refractivity contribution is -0.123. The molecule has 0 radical (unpaired) electrons. The van der Waals surface area contributed by atoms with E-state index in [4.69, 9.17) is 11.6 Å². The van der Waals surface area contributed by atoms with Crippen molar-refractivity contribution in [3.63, 3.8) is 0 Å². The molecular weight excluding hydrogens is 448 g/mol. The number of aromatic nitrogens is 2. The molecule has 0 saturated carbocycles. The highest BCUT2D eigenvalue weighted by atomic mass is 35.5. The van der Waals surface area contributed by atoms with Crippen LogP contribution >= 0.6 is 23.4 Å². The minimum atomic E-state index is -0.932. The summed E-state index contributed by atoms with van der Waals surface area (Å²) in [7, 11) is 0. The van der Waals surface area contributed by atoms with E-state index < -0.39 is 17.4 Å². The van der Waals surface area contributed by atoms with E-state index in [1.165, 1.54) is 11.8 Å². The lowest BCUT2D eigenvalue weighted by Gasteiger charge is -2.24. The van der Waals surface area contributed by atoms with E-state index >= 15 is 0 Å². The summed E-state index contributed by atoms with van der Waals surface area (Å²) in [6.07, 6.45) is -0.124. The van der Waals surface area contributed by atoms with Crippen molar-refractivity contribution < 1.29 is 9.59 Å². The Kier molecular flexibility index (Phi) is 6.34. The van der Waals surface area contributed by atoms with E-state index in [-0.39, 0.29) is 23.7 Å². The average molecular weight is 469 g/mol. The summed E-state index contributed by atoms with van der Waals surface area (Å²) in [5, 5.41) is 6.43. The van der Waals surface area contributed by atoms with Gasteiger partial charge in [-0.2, -0.15) is 0 Å². The number of carbonyl (C=O) groups excluding carboxylic acids is 2. The Morgan fingerprint density at radius 1 is 1.22 bits per heavy atom. The lowest BCUT2D eigenvalue weighted by Crippen LogP contribution is -2.36. The summed E-state index contributed by atoms with van der Waals surface area (Å²) in [4.78, 5) is 45.3. The van der Waals surface area contributed by atoms with E-state index in [1.807, 2.05) is 50.2 Å². The van der Waals surface area contributed by atoms with Crippen LogP contribution in [0.25, 0.3) is 0 Å². The number of aryl methyl sites for hydroxylation is 2. The first-order valence-electron chi connectivity index (χ1n) is 10.00. The van der Waals surface area contributed by atoms with Crippen LogP contribution in [0.3, 0.4) is 0 Å². The summed E-state index contributed by atoms with van der Waals surface area (Å²) in [5.74, 6) is -1.10. The number of H-pyrrole nitrogens is 1. The molecular formula is C23H21ClN4O3S. The van der Waals surface area contributed by atoms with Crippen LogP contribution in [0.1, 0.15) is 34.6 Å². The van der Waals surface area contributed by atoms with Gasteiger partial charge in [-0.25, -0.2) is 4.98 Å². The molecule has 0 fully saturated rings. The zero-order valence-electron chi connectivity index (χ0n) is 17.5. The third-order valence-corrected chi connectivity index (χ3v) is 6.50. The van der Waals surface area contributed by atoms with Gasteiger partial charge >= 0.3 is 0 Å². The molecule has 1 aliphatic heterocycles. The Labute approximate surface area is 194 Å². The maximum absolute atomic E-state index is 13.0. The van der Waals surface area contributed by atoms with Crippen molar-refractivity contribution in [2.24, 2.45) is 0 Å². The van der Waals surface area contributed by atoms with Crippen LogP contribution in [-0.4, -0.2) is 21.8 Å². The Morgan fingerprint density at radius 2 is 2.00 bits per heavy atom. The smallest absolute Gasteiger partial charge is 0.257 e. The largest absolute Gasteiger partial charge is 0.325 e. The number of carbonyl (C=O) groups is 2. The normalized spacial score (nSPS) is 15.1. The molecule has 1 aliphatic rings. The van der Waals surface area contributed by atoms with Crippen molar-refractivity contribution in [2.45, 2.75) is 37.1 Å². The predicted octanol–water partition coefficient (Wildman–Crippen LogP) is 4.40. The molecule has 9 heteroatoms. The molecule has 0 aliphatic carbocycles. The molecule has 1 atom stereocenters. The number of anilines is 2. The predicted molar refractivity (Wildman–Crippen MR) is 126 cm³/mol. The quantitative estimate of drug-likeness (QED) is 0.380. The summed E-state index contributed by atoms with van der Waals surface area (Å²) >= 11 is 7.48. The fourth-order valence-corrected chi connectivity index (χ4v) is 4.72. The maximum atomic E-state index is 13.0. The van der Waals surface area contributed by atoms with Crippen LogP contribution in [0, 0.1) is 13.8 Å². The molecule has 164 valence electrons. The van der Waals surface area contributed by atoms with Gasteiger partial charge in [-0.3, -0.25) is 14.4 Å². The highest BCUT2D eigenvalue weighted by Gasteiger charge is 2.35. The number of thioether (sulfide) groups is 1. The number of hydrogen-bond donors (Lipinski definition) is 3. The van der Waals surface area contributed by atoms with Gasteiger partial charge in [0.05, 0.1) is 11.5 Å². The summed E-state index contributed by atoms with van der Waals surface area (Å²) in [5.41, 5.74) is 3.23. The third-order valence-electron chi connectivity index (χ3n) is 5.21. The third kappa shape index (κ3) is 4.71. The Hall–Kier alpha value is -3.10. The topological polar surface area (TPSA) is 104 Å². The summed E-state index contributed by atoms with van der Waals surface area (Å²) in [6.45, 7) is 3.86. The van der Waals surface area contributed by atoms with Gasteiger partial charge in [0.15, 0.2) is 5.16 Å². The fraction of sp³-hybridized carbons (Fsp3) is 0.217. The second-order valence-corrected chi connectivity index (χ2v) is 9.00. The average Bonchev–Trinajstić information content (AvgIpc) is 2.74. The van der Waals surface area contributed by atoms with Gasteiger partial charge in [-0.05, 0) is 37.1 Å². The Balaban J connectivity index is 1.59. The van der Waals surface area contributed by atoms with E-state index in [1.54, 1.807) is 6.07 Å². The van der Waals surface area contributed by atoms with Gasteiger partial charge in [0.25, 0.3) is 5.56 Å². The number of nitrogens with one attached hydrogen (secondary N) is 3. The van der Waals surface area contributed by atoms with Gasteiger partial charge in [0.1, 0.15) is 5.82 Å². The molecule has 7 nitrogen and oxygen atoms in total. The van der Waals surface area contributed by atoms with Crippen LogP contribution in [0.15, 0.2) is 52.4 Å². The summed E-state index contributed by atoms with van der Waals surface area (Å²) in [6, 6.07) is 13.1. The minimum absolute atomic E-state index is 0.118. The molecule has 0 unspecified atom stereocenters. The number of rotatable bonds is 5. The number of amides is 2. The van der Waals surface area contributed by atoms with Crippen molar-refractivity contribution >= 4 is 46.7 Å². The maximum Gasteiger partial charge on any atom is 0.257 e. The standard InChI is InChI=1S/C23H21ClN4O3S/c1-12-7-8-17(13(2)9-12)25-21(30)15-10-18(29)26-20-19(15)22(31)28-23(27-20)32-11-14-5-3-4-6-16(14)24/h3-9,15H,10-11H2,1-2H3,(H,25,30)(H2,26,27,28,29,31)/t15-/m0/s1. The fourth-order valence-electron chi connectivity index (χ4n) is 3.58. The van der Waals surface area contributed by atoms with Crippen molar-refractivity contribution in [2.75, 3.05) is 10.6 Å². The SMILES string of the molecule is Cc1ccc(NC(=O)[C@H]2CC(=O)Nc3nc(SCc4ccccc4Cl)[nH]c(=O)c32)c(C)c1. The molecule has 2 aromatic carbocycles. The Bertz CT molecular complexity index is 1270. The van der Waals surface area contributed by atoms with Crippen LogP contribution < -0.4 is 16.2 Å². The second kappa shape index (κ2) is 9.18. The number of halogens is 1. The van der Waals surface area contributed by atoms with Crippen molar-refractivity contribution in [3.05, 3.63) is 80.1 Å². The van der Waals surface area contributed by atoms with Crippen LogP contribution in [-0.2, 0) is 15.3 Å². The molecule has 32 heavy (non-hydrogen) atoms. The molecule has 3 N–H and O–H groups in total. The van der Waals surface area contributed by atoms with Crippen molar-refractivity contribution in [3.8, 4) is 0 Å². The number of nitrogens with zero attached hydrogens (tertiary/aromatic N) is 1. The van der Waals surface area contributed by atoms with Crippen LogP contribution in [0.2, 0.25) is 5.02 Å². The van der Waals surface area contributed by atoms with E-state index in [9.17, 15) is 14.4 Å². The zero-order chi connectivity index (χ0) is 22.8. The molecule has 2 heterocycles. The van der Waals surface area contributed by atoms with Crippen LogP contribution in [0.5, 0.6) is 0 Å². The molecule has 0 saturated heterocycles. The van der Waals surface area contributed by atoms with Gasteiger partial charge in [0, 0.05) is 22.9 Å². The van der Waals surface area contributed by atoms with E-state index in [2.05, 4.69) is 20.6 Å². The van der Waals surface area contributed by atoms with Gasteiger partial charge in [-0.15, -0.1) is 0 Å². The molecule has 4 rings (SSSR count). The van der Waals surface area contributed by atoms with Gasteiger partial charge in [0.2, 0.25) is 11.8 Å². The monoisotopic (exact) mass is 468 g/mol. The summed E-state index contributed by atoms with van der Waals surface area (Å²) < 4.78 is 0. The van der Waals surface area contributed by atoms with E-state index in [0.717, 1.165) is 16.7 Å². The highest BCUT2D eigenvalue weighted by molar-refractivity contribution is 7.98. The highest BCUT2D eigenvalue weighted by Crippen LogP contribution is 2.32. The molecule has 0 bridgehead atoms. The number of hydrogen-bond acceptors (Lipinski definition) is 5. The molecule has 2 amide bonds. The zero-order valence-corrected chi connectivity index (χ0v) is 19.1.